The number of nitrogens with zero attached hydrogens (tertiary/aromatic N) is 3. The molecule has 0 radical (unpaired) electrons. The van der Waals surface area contributed by atoms with E-state index in [1.165, 1.54) is 0 Å². The molecule has 2 amide bonds. The summed E-state index contributed by atoms with van der Waals surface area (Å²) in [7, 11) is 0. The second-order valence-electron chi connectivity index (χ2n) is 7.14. The molecule has 0 bridgehead atoms. The Labute approximate surface area is 171 Å². The van der Waals surface area contributed by atoms with E-state index in [0.717, 1.165) is 59.0 Å². The Kier molecular flexibility index (Phi) is 6.69. The number of carbonyl (C=O) groups excluding carboxylic acids is 1. The van der Waals surface area contributed by atoms with Crippen LogP contribution in [0.2, 0.25) is 0 Å². The van der Waals surface area contributed by atoms with E-state index < -0.39 is 0 Å². The Bertz CT molecular complexity index is 1020. The number of amides is 2. The Hall–Kier alpha value is -3.09. The summed E-state index contributed by atoms with van der Waals surface area (Å²) in [4.78, 5) is 21.3. The summed E-state index contributed by atoms with van der Waals surface area (Å²) >= 11 is 0. The molecule has 29 heavy (non-hydrogen) atoms. The van der Waals surface area contributed by atoms with Gasteiger partial charge in [-0.15, -0.1) is 0 Å². The normalized spacial score (nSPS) is 11.1. The molecule has 2 aromatic heterocycles. The fourth-order valence-electron chi connectivity index (χ4n) is 3.45. The number of unbranched alkanes of at least 4 members (excludes halogenated alkanes) is 1. The molecule has 0 saturated heterocycles. The number of nitrogens with one attached hydrogen (secondary N) is 2. The third kappa shape index (κ3) is 4.50. The summed E-state index contributed by atoms with van der Waals surface area (Å²) in [6.45, 7) is 9.82. The van der Waals surface area contributed by atoms with Crippen LogP contribution < -0.4 is 16.4 Å². The average molecular weight is 395 g/mol. The largest absolute Gasteiger partial charge is 0.382 e. The molecule has 0 aliphatic rings. The maximum atomic E-state index is 11.9. The molecular weight excluding hydrogens is 364 g/mol. The lowest BCUT2D eigenvalue weighted by atomic mass is 10.1. The van der Waals surface area contributed by atoms with E-state index in [1.807, 2.05) is 25.1 Å². The summed E-state index contributed by atoms with van der Waals surface area (Å²) in [6, 6.07) is 5.90. The quantitative estimate of drug-likeness (QED) is 0.513. The number of hydrogen-bond acceptors (Lipinski definition) is 4. The average Bonchev–Trinajstić information content (AvgIpc) is 3.09. The number of rotatable bonds is 9. The van der Waals surface area contributed by atoms with Gasteiger partial charge in [-0.05, 0) is 24.5 Å². The number of pyridine rings is 1. The summed E-state index contributed by atoms with van der Waals surface area (Å²) in [5, 5.41) is 6.77. The minimum absolute atomic E-state index is 0.145. The van der Waals surface area contributed by atoms with Crippen molar-refractivity contribution in [2.75, 3.05) is 18.8 Å². The maximum absolute atomic E-state index is 11.9. The number of aromatic nitrogens is 3. The van der Waals surface area contributed by atoms with Crippen molar-refractivity contribution < 1.29 is 4.79 Å². The van der Waals surface area contributed by atoms with Crippen molar-refractivity contribution in [1.29, 1.82) is 0 Å². The molecule has 0 aliphatic carbocycles. The molecule has 0 unspecified atom stereocenters. The summed E-state index contributed by atoms with van der Waals surface area (Å²) in [5.74, 6) is 1.41. The predicted molar refractivity (Wildman–Crippen MR) is 120 cm³/mol. The van der Waals surface area contributed by atoms with Crippen molar-refractivity contribution in [1.82, 2.24) is 25.2 Å². The fourth-order valence-corrected chi connectivity index (χ4v) is 3.45. The molecule has 0 spiro atoms. The number of benzene rings is 1. The van der Waals surface area contributed by atoms with Crippen LogP contribution in [-0.4, -0.2) is 33.7 Å². The Balaban J connectivity index is 2.01. The molecule has 2 heterocycles. The van der Waals surface area contributed by atoms with Gasteiger partial charge in [0.05, 0.1) is 11.0 Å². The molecule has 0 atom stereocenters. The highest BCUT2D eigenvalue weighted by Gasteiger charge is 2.17. The lowest BCUT2D eigenvalue weighted by molar-refractivity contribution is 0.240. The SMILES string of the molecule is C=Cc1ccc2c(c1)nc(N)c1nc(CCCC)n(CCNC(=O)NCCC)c12. The highest BCUT2D eigenvalue weighted by molar-refractivity contribution is 6.07. The van der Waals surface area contributed by atoms with Crippen LogP contribution in [0.25, 0.3) is 28.0 Å². The van der Waals surface area contributed by atoms with Gasteiger partial charge >= 0.3 is 6.03 Å². The van der Waals surface area contributed by atoms with Gasteiger partial charge in [0.15, 0.2) is 5.82 Å². The molecule has 4 N–H and O–H groups in total. The molecule has 1 aromatic carbocycles. The van der Waals surface area contributed by atoms with E-state index in [1.54, 1.807) is 6.08 Å². The first-order valence-corrected chi connectivity index (χ1v) is 10.3. The van der Waals surface area contributed by atoms with Crippen LogP contribution in [0.1, 0.15) is 44.5 Å². The maximum Gasteiger partial charge on any atom is 0.314 e. The number of hydrogen-bond donors (Lipinski definition) is 3. The monoisotopic (exact) mass is 394 g/mol. The van der Waals surface area contributed by atoms with Crippen LogP contribution in [0.5, 0.6) is 0 Å². The zero-order valence-corrected chi connectivity index (χ0v) is 17.3. The molecule has 7 nitrogen and oxygen atoms in total. The number of nitrogen functional groups attached to an aromatic ring is 1. The van der Waals surface area contributed by atoms with Gasteiger partial charge < -0.3 is 20.9 Å². The minimum Gasteiger partial charge on any atom is -0.382 e. The third-order valence-electron chi connectivity index (χ3n) is 4.95. The van der Waals surface area contributed by atoms with Crippen molar-refractivity contribution in [3.8, 4) is 0 Å². The van der Waals surface area contributed by atoms with Crippen LogP contribution >= 0.6 is 0 Å². The molecule has 3 aromatic rings. The minimum atomic E-state index is -0.145. The molecule has 3 rings (SSSR count). The van der Waals surface area contributed by atoms with Crippen LogP contribution in [-0.2, 0) is 13.0 Å². The van der Waals surface area contributed by atoms with Crippen molar-refractivity contribution in [3.63, 3.8) is 0 Å². The first-order chi connectivity index (χ1) is 14.1. The van der Waals surface area contributed by atoms with Gasteiger partial charge in [0.2, 0.25) is 0 Å². The van der Waals surface area contributed by atoms with Crippen LogP contribution in [0.4, 0.5) is 10.6 Å². The second kappa shape index (κ2) is 9.41. The second-order valence-corrected chi connectivity index (χ2v) is 7.14. The molecule has 0 saturated carbocycles. The van der Waals surface area contributed by atoms with Crippen molar-refractivity contribution >= 4 is 39.9 Å². The van der Waals surface area contributed by atoms with E-state index in [-0.39, 0.29) is 6.03 Å². The Morgan fingerprint density at radius 1 is 1.21 bits per heavy atom. The number of aryl methyl sites for hydroxylation is 1. The highest BCUT2D eigenvalue weighted by Crippen LogP contribution is 2.30. The Morgan fingerprint density at radius 3 is 2.72 bits per heavy atom. The van der Waals surface area contributed by atoms with Gasteiger partial charge in [-0.3, -0.25) is 0 Å². The van der Waals surface area contributed by atoms with E-state index in [2.05, 4.69) is 33.7 Å². The smallest absolute Gasteiger partial charge is 0.314 e. The summed E-state index contributed by atoms with van der Waals surface area (Å²) in [5.41, 5.74) is 9.79. The number of urea groups is 1. The van der Waals surface area contributed by atoms with Gasteiger partial charge in [0, 0.05) is 31.4 Å². The summed E-state index contributed by atoms with van der Waals surface area (Å²) < 4.78 is 2.18. The van der Waals surface area contributed by atoms with Gasteiger partial charge in [-0.1, -0.05) is 45.1 Å². The lowest BCUT2D eigenvalue weighted by Crippen LogP contribution is -2.37. The van der Waals surface area contributed by atoms with E-state index in [4.69, 9.17) is 10.7 Å². The number of carbonyl (C=O) groups is 1. The van der Waals surface area contributed by atoms with E-state index >= 15 is 0 Å². The van der Waals surface area contributed by atoms with Crippen LogP contribution in [0, 0.1) is 0 Å². The molecular formula is C22H30N6O. The van der Waals surface area contributed by atoms with E-state index in [0.29, 0.717) is 25.5 Å². The zero-order chi connectivity index (χ0) is 20.8. The number of imidazole rings is 1. The van der Waals surface area contributed by atoms with E-state index in [9.17, 15) is 4.79 Å². The van der Waals surface area contributed by atoms with Crippen LogP contribution in [0.15, 0.2) is 24.8 Å². The molecule has 0 fully saturated rings. The first-order valence-electron chi connectivity index (χ1n) is 10.3. The Morgan fingerprint density at radius 2 is 2.00 bits per heavy atom. The van der Waals surface area contributed by atoms with Crippen LogP contribution in [0.3, 0.4) is 0 Å². The van der Waals surface area contributed by atoms with Gasteiger partial charge in [-0.2, -0.15) is 0 Å². The van der Waals surface area contributed by atoms with Gasteiger partial charge in [0.1, 0.15) is 11.3 Å². The number of fused-ring (bicyclic) bond motifs is 3. The van der Waals surface area contributed by atoms with Crippen molar-refractivity contribution in [2.45, 2.75) is 46.1 Å². The van der Waals surface area contributed by atoms with Crippen molar-refractivity contribution in [3.05, 3.63) is 36.2 Å². The van der Waals surface area contributed by atoms with Gasteiger partial charge in [-0.25, -0.2) is 14.8 Å². The number of nitrogens with two attached hydrogens (primary N) is 1. The number of anilines is 1. The third-order valence-corrected chi connectivity index (χ3v) is 4.95. The van der Waals surface area contributed by atoms with Crippen molar-refractivity contribution in [2.24, 2.45) is 0 Å². The predicted octanol–water partition coefficient (Wildman–Crippen LogP) is 3.86. The first kappa shape index (κ1) is 20.6. The topological polar surface area (TPSA) is 97.9 Å². The van der Waals surface area contributed by atoms with Gasteiger partial charge in [0.25, 0.3) is 0 Å². The fraction of sp³-hybridized carbons (Fsp3) is 0.409. The standard InChI is InChI=1S/C22H30N6O/c1-4-7-8-18-27-19-20(28(18)13-12-25-22(29)24-11-5-2)16-10-9-15(6-3)14-17(16)26-21(19)23/h6,9-10,14H,3-5,7-8,11-13H2,1-2H3,(H2,23,26)(H2,24,25,29). The zero-order valence-electron chi connectivity index (χ0n) is 17.3. The molecule has 154 valence electrons. The summed E-state index contributed by atoms with van der Waals surface area (Å²) in [6.07, 6.45) is 5.69. The molecule has 0 aliphatic heterocycles. The molecule has 7 heteroatoms. The highest BCUT2D eigenvalue weighted by atomic mass is 16.2. The lowest BCUT2D eigenvalue weighted by Gasteiger charge is -2.12.